The monoisotopic (exact) mass is 841 g/mol. The maximum atomic E-state index is 6.87. The Morgan fingerprint density at radius 3 is 1.74 bits per heavy atom. The third-order valence-corrected chi connectivity index (χ3v) is 14.1. The number of nitrogens with zero attached hydrogens (tertiary/aromatic N) is 3. The van der Waals surface area contributed by atoms with Crippen LogP contribution in [0.1, 0.15) is 29.0 Å². The smallest absolute Gasteiger partial charge is 0.164 e. The normalized spacial score (nSPS) is 13.8. The fourth-order valence-electron chi connectivity index (χ4n) is 11.1. The first-order valence-electron chi connectivity index (χ1n) is 22.8. The number of furan rings is 1. The molecule has 0 radical (unpaired) electrons. The molecule has 4 nitrogen and oxygen atoms in total. The fraction of sp³-hybridized carbons (Fsp3) is 0.0484. The van der Waals surface area contributed by atoms with Crippen molar-refractivity contribution in [1.29, 1.82) is 0 Å². The van der Waals surface area contributed by atoms with E-state index in [0.29, 0.717) is 17.5 Å². The van der Waals surface area contributed by atoms with Crippen LogP contribution >= 0.6 is 0 Å². The summed E-state index contributed by atoms with van der Waals surface area (Å²) in [5.74, 6) is 1.93. The van der Waals surface area contributed by atoms with Crippen molar-refractivity contribution >= 4 is 75.8 Å². The van der Waals surface area contributed by atoms with Gasteiger partial charge in [0.05, 0.1) is 0 Å². The Balaban J connectivity index is 1.06. The van der Waals surface area contributed by atoms with Crippen molar-refractivity contribution in [3.63, 3.8) is 0 Å². The van der Waals surface area contributed by atoms with E-state index in [1.165, 1.54) is 54.7 Å². The van der Waals surface area contributed by atoms with E-state index in [2.05, 4.69) is 200 Å². The molecule has 0 amide bonds. The van der Waals surface area contributed by atoms with Crippen LogP contribution in [0.5, 0.6) is 0 Å². The van der Waals surface area contributed by atoms with Crippen molar-refractivity contribution in [1.82, 2.24) is 15.0 Å². The molecule has 0 saturated carbocycles. The summed E-state index contributed by atoms with van der Waals surface area (Å²) in [5.41, 5.74) is 11.0. The molecule has 66 heavy (non-hydrogen) atoms. The van der Waals surface area contributed by atoms with Crippen molar-refractivity contribution in [2.75, 3.05) is 0 Å². The van der Waals surface area contributed by atoms with Crippen molar-refractivity contribution in [2.24, 2.45) is 0 Å². The minimum Gasteiger partial charge on any atom is -0.456 e. The average Bonchev–Trinajstić information content (AvgIpc) is 3.68. The van der Waals surface area contributed by atoms with E-state index in [-0.39, 0.29) is 5.92 Å². The van der Waals surface area contributed by atoms with Gasteiger partial charge < -0.3 is 4.42 Å². The quantitative estimate of drug-likeness (QED) is 0.166. The molecular formula is C62H39N3O. The van der Waals surface area contributed by atoms with Gasteiger partial charge in [-0.15, -0.1) is 0 Å². The van der Waals surface area contributed by atoms with Gasteiger partial charge in [-0.2, -0.15) is 0 Å². The van der Waals surface area contributed by atoms with Crippen molar-refractivity contribution in [3.05, 3.63) is 223 Å². The molecular weight excluding hydrogens is 803 g/mol. The second-order valence-electron chi connectivity index (χ2n) is 17.8. The number of benzene rings is 11. The van der Waals surface area contributed by atoms with Gasteiger partial charge in [-0.1, -0.05) is 176 Å². The Hall–Kier alpha value is -8.47. The van der Waals surface area contributed by atoms with E-state index in [4.69, 9.17) is 19.4 Å². The molecule has 2 aromatic heterocycles. The third-order valence-electron chi connectivity index (χ3n) is 14.1. The van der Waals surface area contributed by atoms with E-state index < -0.39 is 0 Å². The number of aryl methyl sites for hydroxylation is 1. The first-order chi connectivity index (χ1) is 32.7. The Morgan fingerprint density at radius 1 is 0.364 bits per heavy atom. The van der Waals surface area contributed by atoms with Crippen molar-refractivity contribution in [2.45, 2.75) is 18.8 Å². The predicted molar refractivity (Wildman–Crippen MR) is 273 cm³/mol. The maximum absolute atomic E-state index is 6.87. The molecule has 1 aliphatic carbocycles. The van der Waals surface area contributed by atoms with Crippen LogP contribution in [0.15, 0.2) is 211 Å². The summed E-state index contributed by atoms with van der Waals surface area (Å²) in [6.45, 7) is 0. The maximum Gasteiger partial charge on any atom is 0.164 e. The molecule has 0 aliphatic heterocycles. The largest absolute Gasteiger partial charge is 0.456 e. The Labute approximate surface area is 380 Å². The number of aromatic nitrogens is 3. The van der Waals surface area contributed by atoms with Crippen LogP contribution in [0, 0.1) is 0 Å². The minimum absolute atomic E-state index is 0.0553. The molecule has 11 aromatic carbocycles. The Bertz CT molecular complexity index is 4140. The van der Waals surface area contributed by atoms with Crippen LogP contribution in [0.4, 0.5) is 0 Å². The highest BCUT2D eigenvalue weighted by atomic mass is 16.3. The molecule has 0 spiro atoms. The topological polar surface area (TPSA) is 51.8 Å². The van der Waals surface area contributed by atoms with Crippen LogP contribution in [-0.2, 0) is 6.42 Å². The molecule has 308 valence electrons. The molecule has 1 atom stereocenters. The Kier molecular flexibility index (Phi) is 8.14. The zero-order valence-corrected chi connectivity index (χ0v) is 35.9. The molecule has 2 heterocycles. The van der Waals surface area contributed by atoms with Gasteiger partial charge in [-0.25, -0.2) is 15.0 Å². The number of fused-ring (bicyclic) bond motifs is 13. The second-order valence-corrected chi connectivity index (χ2v) is 17.8. The van der Waals surface area contributed by atoms with Gasteiger partial charge >= 0.3 is 0 Å². The van der Waals surface area contributed by atoms with Crippen molar-refractivity contribution < 1.29 is 4.42 Å². The highest BCUT2D eigenvalue weighted by Crippen LogP contribution is 2.48. The van der Waals surface area contributed by atoms with Crippen LogP contribution in [0.2, 0.25) is 0 Å². The van der Waals surface area contributed by atoms with Gasteiger partial charge in [0, 0.05) is 33.4 Å². The van der Waals surface area contributed by atoms with Crippen LogP contribution in [-0.4, -0.2) is 15.0 Å². The summed E-state index contributed by atoms with van der Waals surface area (Å²) < 4.78 is 6.87. The first kappa shape index (κ1) is 37.0. The number of hydrogen-bond acceptors (Lipinski definition) is 4. The lowest BCUT2D eigenvalue weighted by Crippen LogP contribution is -2.05. The first-order valence-corrected chi connectivity index (χ1v) is 22.8. The summed E-state index contributed by atoms with van der Waals surface area (Å²) in [5, 5.41) is 13.9. The van der Waals surface area contributed by atoms with Gasteiger partial charge in [-0.3, -0.25) is 0 Å². The molecule has 4 heteroatoms. The lowest BCUT2D eigenvalue weighted by atomic mass is 9.82. The van der Waals surface area contributed by atoms with E-state index in [1.807, 2.05) is 6.07 Å². The van der Waals surface area contributed by atoms with Gasteiger partial charge in [0.25, 0.3) is 0 Å². The summed E-state index contributed by atoms with van der Waals surface area (Å²) >= 11 is 0. The number of rotatable bonds is 4. The zero-order chi connectivity index (χ0) is 43.3. The predicted octanol–water partition coefficient (Wildman–Crippen LogP) is 16.3. The van der Waals surface area contributed by atoms with E-state index in [0.717, 1.165) is 78.4 Å². The Morgan fingerprint density at radius 2 is 0.939 bits per heavy atom. The fourth-order valence-corrected chi connectivity index (χ4v) is 11.1. The average molecular weight is 842 g/mol. The molecule has 0 saturated heterocycles. The molecule has 1 unspecified atom stereocenters. The van der Waals surface area contributed by atoms with Crippen LogP contribution < -0.4 is 0 Å². The van der Waals surface area contributed by atoms with E-state index >= 15 is 0 Å². The summed E-state index contributed by atoms with van der Waals surface area (Å²) in [6, 6.07) is 74.4. The second kappa shape index (κ2) is 14.5. The highest BCUT2D eigenvalue weighted by Gasteiger charge is 2.29. The van der Waals surface area contributed by atoms with Gasteiger partial charge in [0.15, 0.2) is 17.5 Å². The van der Waals surface area contributed by atoms with Gasteiger partial charge in [0.2, 0.25) is 0 Å². The molecule has 1 aliphatic rings. The lowest BCUT2D eigenvalue weighted by molar-refractivity contribution is 0.665. The van der Waals surface area contributed by atoms with E-state index in [1.54, 1.807) is 0 Å². The molecule has 14 rings (SSSR count). The molecule has 0 fully saturated rings. The van der Waals surface area contributed by atoms with Gasteiger partial charge in [0.1, 0.15) is 11.2 Å². The third kappa shape index (κ3) is 5.75. The number of hydrogen-bond donors (Lipinski definition) is 0. The van der Waals surface area contributed by atoms with Gasteiger partial charge in [-0.05, 0) is 125 Å². The number of para-hydroxylation sites is 1. The van der Waals surface area contributed by atoms with Crippen LogP contribution in [0.25, 0.3) is 121 Å². The molecule has 0 N–H and O–H groups in total. The standard InChI is InChI=1S/C62H39N3O/c1-2-17-40-33-53-42(32-39(40)16-1)29-30-46(50-31-28-38-15-4-8-22-47(38)58(50)53)43-35-55(59-52-25-11-12-27-56(52)66-57(59)36-43)62-64-60(51-26-13-19-37-14-3-6-20-44(37)51)63-61(65-62)54-34-41-18-5-7-21-45(41)48-23-9-10-24-49(48)54/h1-28,31-36,46H,29-30H2. The SMILES string of the molecule is c1ccc2cc3c(cc2c1)CCC(c1cc(-c2nc(-c4cccc5ccccc45)nc(-c4cc5ccccc5c5ccccc45)n2)c2c(c1)oc1ccccc12)c1ccc2ccccc2c1-3. The zero-order valence-electron chi connectivity index (χ0n) is 35.9. The lowest BCUT2D eigenvalue weighted by Gasteiger charge is -2.21. The van der Waals surface area contributed by atoms with E-state index in [9.17, 15) is 0 Å². The summed E-state index contributed by atoms with van der Waals surface area (Å²) in [7, 11) is 0. The molecule has 13 aromatic rings. The highest BCUT2D eigenvalue weighted by molar-refractivity contribution is 6.15. The summed E-state index contributed by atoms with van der Waals surface area (Å²) in [6.07, 6.45) is 1.85. The summed E-state index contributed by atoms with van der Waals surface area (Å²) in [4.78, 5) is 16.5. The van der Waals surface area contributed by atoms with Crippen LogP contribution in [0.3, 0.4) is 0 Å². The van der Waals surface area contributed by atoms with Crippen molar-refractivity contribution in [3.8, 4) is 45.3 Å². The molecule has 0 bridgehead atoms. The minimum atomic E-state index is 0.0553.